The molecule has 4 atom stereocenters. The number of aliphatic hydroxyl groups excluding tert-OH is 1. The van der Waals surface area contributed by atoms with Crippen LogP contribution in [-0.2, 0) is 17.9 Å². The van der Waals surface area contributed by atoms with Crippen LogP contribution >= 0.6 is 0 Å². The summed E-state index contributed by atoms with van der Waals surface area (Å²) in [7, 11) is 0. The molecule has 0 bridgehead atoms. The number of aromatic amines is 1. The highest BCUT2D eigenvalue weighted by atomic mass is 16.3. The second kappa shape index (κ2) is 9.22. The van der Waals surface area contributed by atoms with Gasteiger partial charge in [-0.1, -0.05) is 30.3 Å². The highest BCUT2D eigenvalue weighted by molar-refractivity contribution is 5.80. The molecule has 32 heavy (non-hydrogen) atoms. The van der Waals surface area contributed by atoms with Crippen molar-refractivity contribution in [1.29, 1.82) is 0 Å². The molecule has 0 spiro atoms. The molecule has 0 radical (unpaired) electrons. The van der Waals surface area contributed by atoms with E-state index in [9.17, 15) is 9.90 Å². The lowest BCUT2D eigenvalue weighted by Crippen LogP contribution is -2.36. The van der Waals surface area contributed by atoms with Crippen LogP contribution in [-0.4, -0.2) is 38.1 Å². The molecular formula is C25H29N5O2. The first kappa shape index (κ1) is 20.8. The van der Waals surface area contributed by atoms with Crippen LogP contribution in [0.15, 0.2) is 61.1 Å². The molecular weight excluding hydrogens is 402 g/mol. The van der Waals surface area contributed by atoms with Gasteiger partial charge in [-0.05, 0) is 42.5 Å². The summed E-state index contributed by atoms with van der Waals surface area (Å²) in [5.74, 6) is 0.699. The topological polar surface area (TPSA) is 103 Å². The van der Waals surface area contributed by atoms with E-state index in [-0.39, 0.29) is 17.9 Å². The summed E-state index contributed by atoms with van der Waals surface area (Å²) < 4.78 is 0. The Morgan fingerprint density at radius 2 is 1.81 bits per heavy atom. The molecule has 2 heterocycles. The molecule has 2 fully saturated rings. The molecule has 166 valence electrons. The van der Waals surface area contributed by atoms with E-state index in [2.05, 4.69) is 25.6 Å². The summed E-state index contributed by atoms with van der Waals surface area (Å²) in [6, 6.07) is 13.7. The predicted molar refractivity (Wildman–Crippen MR) is 121 cm³/mol. The van der Waals surface area contributed by atoms with E-state index in [0.29, 0.717) is 25.4 Å². The molecule has 5 rings (SSSR count). The van der Waals surface area contributed by atoms with Gasteiger partial charge in [0, 0.05) is 55.3 Å². The third kappa shape index (κ3) is 4.59. The molecule has 7 heteroatoms. The predicted octanol–water partition coefficient (Wildman–Crippen LogP) is 2.62. The van der Waals surface area contributed by atoms with Gasteiger partial charge in [0.05, 0.1) is 12.0 Å². The lowest BCUT2D eigenvalue weighted by Gasteiger charge is -2.22. The largest absolute Gasteiger partial charge is 0.392 e. The van der Waals surface area contributed by atoms with E-state index in [1.165, 1.54) is 0 Å². The zero-order chi connectivity index (χ0) is 21.9. The third-order valence-electron chi connectivity index (χ3n) is 6.62. The van der Waals surface area contributed by atoms with Crippen LogP contribution in [0.2, 0.25) is 0 Å². The van der Waals surface area contributed by atoms with Gasteiger partial charge in [0.15, 0.2) is 0 Å². The van der Waals surface area contributed by atoms with E-state index >= 15 is 0 Å². The highest BCUT2D eigenvalue weighted by Crippen LogP contribution is 2.42. The van der Waals surface area contributed by atoms with Crippen LogP contribution in [0, 0.1) is 5.92 Å². The number of imidazole rings is 1. The van der Waals surface area contributed by atoms with Gasteiger partial charge in [-0.2, -0.15) is 0 Å². The van der Waals surface area contributed by atoms with Crippen molar-refractivity contribution in [2.45, 2.75) is 56.3 Å². The first-order chi connectivity index (χ1) is 15.7. The summed E-state index contributed by atoms with van der Waals surface area (Å²) in [4.78, 5) is 25.1. The smallest absolute Gasteiger partial charge is 0.226 e. The van der Waals surface area contributed by atoms with Gasteiger partial charge in [-0.25, -0.2) is 4.98 Å². The molecule has 0 aliphatic heterocycles. The number of H-pyrrole nitrogens is 1. The second-order valence-electron chi connectivity index (χ2n) is 8.90. The lowest BCUT2D eigenvalue weighted by atomic mass is 9.96. The van der Waals surface area contributed by atoms with Gasteiger partial charge in [-0.15, -0.1) is 0 Å². The first-order valence-electron chi connectivity index (χ1n) is 11.4. The van der Waals surface area contributed by atoms with Crippen molar-refractivity contribution < 1.29 is 9.90 Å². The molecule has 1 aromatic carbocycles. The molecule has 4 N–H and O–H groups in total. The molecule has 0 unspecified atom stereocenters. The summed E-state index contributed by atoms with van der Waals surface area (Å²) in [5, 5.41) is 17.8. The minimum Gasteiger partial charge on any atom is -0.392 e. The molecule has 2 aliphatic carbocycles. The zero-order valence-electron chi connectivity index (χ0n) is 17.9. The quantitative estimate of drug-likeness (QED) is 0.439. The normalized spacial score (nSPS) is 25.0. The molecule has 1 amide bonds. The number of rotatable bonds is 8. The Bertz CT molecular complexity index is 1030. The van der Waals surface area contributed by atoms with E-state index in [0.717, 1.165) is 35.5 Å². The number of hydrogen-bond donors (Lipinski definition) is 4. The monoisotopic (exact) mass is 431 g/mol. The standard InChI is InChI=1S/C25H29N5O2/c31-23-19(25(32)29-14-16-4-2-1-3-5-16)12-20(27-13-17-8-10-26-11-9-17)22(23)21-15-28-24(30-21)18-6-7-18/h1-5,8-11,15,18-20,22-23,27,31H,6-7,12-14H2,(H,28,30)(H,29,32)/t19-,20+,22+,23+/m0/s1. The second-order valence-corrected chi connectivity index (χ2v) is 8.90. The number of nitrogens with one attached hydrogen (secondary N) is 3. The third-order valence-corrected chi connectivity index (χ3v) is 6.62. The van der Waals surface area contributed by atoms with Crippen LogP contribution in [0.3, 0.4) is 0 Å². The Labute approximate surface area is 187 Å². The van der Waals surface area contributed by atoms with E-state index in [1.54, 1.807) is 12.4 Å². The van der Waals surface area contributed by atoms with Gasteiger partial charge in [0.1, 0.15) is 5.82 Å². The van der Waals surface area contributed by atoms with Crippen molar-refractivity contribution in [2.75, 3.05) is 0 Å². The molecule has 0 saturated heterocycles. The van der Waals surface area contributed by atoms with Crippen molar-refractivity contribution in [3.63, 3.8) is 0 Å². The zero-order valence-corrected chi connectivity index (χ0v) is 17.9. The fourth-order valence-electron chi connectivity index (χ4n) is 4.67. The van der Waals surface area contributed by atoms with Crippen LogP contribution in [0.5, 0.6) is 0 Å². The number of carbonyl (C=O) groups excluding carboxylic acids is 1. The molecule has 2 saturated carbocycles. The van der Waals surface area contributed by atoms with Crippen molar-refractivity contribution in [3.05, 3.63) is 83.7 Å². The van der Waals surface area contributed by atoms with E-state index in [4.69, 9.17) is 0 Å². The lowest BCUT2D eigenvalue weighted by molar-refractivity contribution is -0.127. The van der Waals surface area contributed by atoms with Crippen molar-refractivity contribution in [3.8, 4) is 0 Å². The van der Waals surface area contributed by atoms with Crippen LogP contribution in [0.4, 0.5) is 0 Å². The summed E-state index contributed by atoms with van der Waals surface area (Å²) >= 11 is 0. The van der Waals surface area contributed by atoms with Crippen LogP contribution in [0.1, 0.15) is 53.7 Å². The van der Waals surface area contributed by atoms with E-state index < -0.39 is 12.0 Å². The fraction of sp³-hybridized carbons (Fsp3) is 0.400. The number of nitrogens with zero attached hydrogens (tertiary/aromatic N) is 2. The average Bonchev–Trinajstić information content (AvgIpc) is 3.48. The van der Waals surface area contributed by atoms with Crippen molar-refractivity contribution >= 4 is 5.91 Å². The number of hydrogen-bond acceptors (Lipinski definition) is 5. The van der Waals surface area contributed by atoms with Gasteiger partial charge < -0.3 is 20.7 Å². The molecule has 2 aromatic heterocycles. The number of pyridine rings is 1. The van der Waals surface area contributed by atoms with Crippen molar-refractivity contribution in [1.82, 2.24) is 25.6 Å². The Kier molecular flexibility index (Phi) is 6.01. The summed E-state index contributed by atoms with van der Waals surface area (Å²) in [6.07, 6.45) is 7.49. The number of aromatic nitrogens is 3. The minimum absolute atomic E-state index is 0.0434. The Morgan fingerprint density at radius 1 is 1.06 bits per heavy atom. The van der Waals surface area contributed by atoms with Gasteiger partial charge in [0.25, 0.3) is 0 Å². The first-order valence-corrected chi connectivity index (χ1v) is 11.4. The number of benzene rings is 1. The van der Waals surface area contributed by atoms with Crippen LogP contribution in [0.25, 0.3) is 0 Å². The van der Waals surface area contributed by atoms with Gasteiger partial charge >= 0.3 is 0 Å². The van der Waals surface area contributed by atoms with E-state index in [1.807, 2.05) is 48.7 Å². The van der Waals surface area contributed by atoms with Crippen LogP contribution < -0.4 is 10.6 Å². The van der Waals surface area contributed by atoms with Gasteiger partial charge in [0.2, 0.25) is 5.91 Å². The maximum Gasteiger partial charge on any atom is 0.226 e. The number of amides is 1. The Balaban J connectivity index is 1.31. The Morgan fingerprint density at radius 3 is 2.56 bits per heavy atom. The molecule has 7 nitrogen and oxygen atoms in total. The SMILES string of the molecule is O=C(NCc1ccccc1)[C@H]1C[C@@H](NCc2ccncc2)[C@H](c2cnc(C3CC3)[nH]2)[C@@H]1O. The summed E-state index contributed by atoms with van der Waals surface area (Å²) in [6.45, 7) is 1.11. The minimum atomic E-state index is -0.784. The van der Waals surface area contributed by atoms with Crippen molar-refractivity contribution in [2.24, 2.45) is 5.92 Å². The fourth-order valence-corrected chi connectivity index (χ4v) is 4.67. The molecule has 2 aliphatic rings. The molecule has 3 aromatic rings. The number of carbonyl (C=O) groups is 1. The number of aliphatic hydroxyl groups is 1. The maximum absolute atomic E-state index is 13.0. The maximum atomic E-state index is 13.0. The summed E-state index contributed by atoms with van der Waals surface area (Å²) in [5.41, 5.74) is 3.07. The average molecular weight is 432 g/mol. The Hall–Kier alpha value is -3.03. The highest BCUT2D eigenvalue weighted by Gasteiger charge is 2.47. The van der Waals surface area contributed by atoms with Gasteiger partial charge in [-0.3, -0.25) is 9.78 Å².